The second-order valence-corrected chi connectivity index (χ2v) is 4.10. The van der Waals surface area contributed by atoms with E-state index in [1.165, 1.54) is 27.8 Å². The summed E-state index contributed by atoms with van der Waals surface area (Å²) in [6.45, 7) is 2.06. The molecule has 0 N–H and O–H groups in total. The van der Waals surface area contributed by atoms with Gasteiger partial charge in [0.05, 0.1) is 0 Å². The van der Waals surface area contributed by atoms with Gasteiger partial charge in [-0.25, -0.2) is 0 Å². The number of hydrogen-bond acceptors (Lipinski definition) is 2. The van der Waals surface area contributed by atoms with Crippen LogP contribution in [0.5, 0.6) is 0 Å². The molecule has 1 nitrogen and oxygen atoms in total. The van der Waals surface area contributed by atoms with Crippen molar-refractivity contribution in [3.63, 3.8) is 0 Å². The molecule has 12 heavy (non-hydrogen) atoms. The Kier molecular flexibility index (Phi) is 1.93. The number of carbonyl (C=O) groups is 1. The van der Waals surface area contributed by atoms with E-state index in [1.807, 2.05) is 0 Å². The van der Waals surface area contributed by atoms with E-state index in [9.17, 15) is 4.79 Å². The number of aryl methyl sites for hydroxylation is 2. The molecule has 0 bridgehead atoms. The molecule has 0 saturated carbocycles. The van der Waals surface area contributed by atoms with Crippen LogP contribution >= 0.6 is 11.8 Å². The Balaban J connectivity index is 2.50. The van der Waals surface area contributed by atoms with Gasteiger partial charge in [0.2, 0.25) is 0 Å². The van der Waals surface area contributed by atoms with Crippen molar-refractivity contribution < 1.29 is 4.79 Å². The smallest absolute Gasteiger partial charge is 0.194 e. The average molecular weight is 178 g/mol. The van der Waals surface area contributed by atoms with Crippen molar-refractivity contribution in [3.05, 3.63) is 29.3 Å². The molecule has 0 aliphatic carbocycles. The quantitative estimate of drug-likeness (QED) is 0.607. The van der Waals surface area contributed by atoms with E-state index in [4.69, 9.17) is 0 Å². The fourth-order valence-corrected chi connectivity index (χ4v) is 2.42. The largest absolute Gasteiger partial charge is 0.287 e. The van der Waals surface area contributed by atoms with Gasteiger partial charge >= 0.3 is 0 Å². The first kappa shape index (κ1) is 7.87. The van der Waals surface area contributed by atoms with Crippen LogP contribution in [0.15, 0.2) is 23.1 Å². The van der Waals surface area contributed by atoms with Crippen LogP contribution in [0.25, 0.3) is 0 Å². The normalized spacial score (nSPS) is 15.9. The van der Waals surface area contributed by atoms with Crippen molar-refractivity contribution >= 4 is 16.9 Å². The molecule has 0 unspecified atom stereocenters. The minimum Gasteiger partial charge on any atom is -0.287 e. The SMILES string of the molecule is Cc1cccc2c1SC(=O)CC2. The molecule has 1 heterocycles. The monoisotopic (exact) mass is 178 g/mol. The summed E-state index contributed by atoms with van der Waals surface area (Å²) < 4.78 is 0. The minimum atomic E-state index is 0.303. The summed E-state index contributed by atoms with van der Waals surface area (Å²) in [5.74, 6) is 0. The predicted octanol–water partition coefficient (Wildman–Crippen LogP) is 2.56. The van der Waals surface area contributed by atoms with Gasteiger partial charge in [-0.05, 0) is 24.5 Å². The van der Waals surface area contributed by atoms with Gasteiger partial charge in [-0.1, -0.05) is 30.0 Å². The molecule has 62 valence electrons. The maximum absolute atomic E-state index is 11.1. The van der Waals surface area contributed by atoms with Gasteiger partial charge in [0.15, 0.2) is 5.12 Å². The first-order chi connectivity index (χ1) is 5.77. The molecule has 0 amide bonds. The summed E-state index contributed by atoms with van der Waals surface area (Å²) in [5.41, 5.74) is 2.56. The molecule has 0 aromatic heterocycles. The highest BCUT2D eigenvalue weighted by Gasteiger charge is 2.17. The number of thioether (sulfide) groups is 1. The third-order valence-electron chi connectivity index (χ3n) is 2.11. The van der Waals surface area contributed by atoms with Gasteiger partial charge < -0.3 is 0 Å². The highest BCUT2D eigenvalue weighted by atomic mass is 32.2. The number of carbonyl (C=O) groups excluding carboxylic acids is 1. The van der Waals surface area contributed by atoms with Crippen LogP contribution in [-0.4, -0.2) is 5.12 Å². The van der Waals surface area contributed by atoms with Crippen LogP contribution in [0.4, 0.5) is 0 Å². The van der Waals surface area contributed by atoms with Crippen LogP contribution in [0.2, 0.25) is 0 Å². The van der Waals surface area contributed by atoms with Crippen LogP contribution in [0.3, 0.4) is 0 Å². The summed E-state index contributed by atoms with van der Waals surface area (Å²) in [6.07, 6.45) is 1.62. The van der Waals surface area contributed by atoms with Gasteiger partial charge in [-0.3, -0.25) is 4.79 Å². The lowest BCUT2D eigenvalue weighted by Crippen LogP contribution is -2.04. The number of benzene rings is 1. The van der Waals surface area contributed by atoms with Crippen LogP contribution in [0.1, 0.15) is 17.5 Å². The zero-order chi connectivity index (χ0) is 8.55. The van der Waals surface area contributed by atoms with Gasteiger partial charge in [-0.2, -0.15) is 0 Å². The maximum atomic E-state index is 11.1. The summed E-state index contributed by atoms with van der Waals surface area (Å²) in [5, 5.41) is 0.303. The Bertz CT molecular complexity index is 331. The van der Waals surface area contributed by atoms with E-state index in [0.29, 0.717) is 11.5 Å². The lowest BCUT2D eigenvalue weighted by atomic mass is 10.1. The van der Waals surface area contributed by atoms with Gasteiger partial charge in [0, 0.05) is 11.3 Å². The lowest BCUT2D eigenvalue weighted by molar-refractivity contribution is -0.111. The van der Waals surface area contributed by atoms with Crippen LogP contribution in [-0.2, 0) is 11.2 Å². The molecule has 0 saturated heterocycles. The molecular formula is C10H10OS. The molecule has 2 heteroatoms. The van der Waals surface area contributed by atoms with Crippen molar-refractivity contribution in [3.8, 4) is 0 Å². The number of rotatable bonds is 0. The van der Waals surface area contributed by atoms with Crippen LogP contribution < -0.4 is 0 Å². The van der Waals surface area contributed by atoms with Gasteiger partial charge in [0.25, 0.3) is 0 Å². The summed E-state index contributed by atoms with van der Waals surface area (Å²) in [4.78, 5) is 12.3. The first-order valence-electron chi connectivity index (χ1n) is 4.06. The second kappa shape index (κ2) is 2.94. The number of hydrogen-bond donors (Lipinski definition) is 0. The zero-order valence-electron chi connectivity index (χ0n) is 6.96. The Morgan fingerprint density at radius 3 is 3.00 bits per heavy atom. The van der Waals surface area contributed by atoms with Gasteiger partial charge in [-0.15, -0.1) is 0 Å². The third-order valence-corrected chi connectivity index (χ3v) is 3.33. The molecule has 2 rings (SSSR count). The summed E-state index contributed by atoms with van der Waals surface area (Å²) in [6, 6.07) is 6.23. The van der Waals surface area contributed by atoms with Crippen LogP contribution in [0, 0.1) is 6.92 Å². The van der Waals surface area contributed by atoms with Crippen molar-refractivity contribution in [1.29, 1.82) is 0 Å². The van der Waals surface area contributed by atoms with E-state index in [-0.39, 0.29) is 0 Å². The molecule has 0 spiro atoms. The summed E-state index contributed by atoms with van der Waals surface area (Å²) in [7, 11) is 0. The van der Waals surface area contributed by atoms with Gasteiger partial charge in [0.1, 0.15) is 0 Å². The molecule has 1 aromatic carbocycles. The Labute approximate surface area is 76.2 Å². The van der Waals surface area contributed by atoms with E-state index in [1.54, 1.807) is 0 Å². The minimum absolute atomic E-state index is 0.303. The van der Waals surface area contributed by atoms with E-state index in [0.717, 1.165) is 6.42 Å². The fourth-order valence-electron chi connectivity index (χ4n) is 1.46. The van der Waals surface area contributed by atoms with Crippen molar-refractivity contribution in [2.24, 2.45) is 0 Å². The summed E-state index contributed by atoms with van der Waals surface area (Å²) >= 11 is 1.40. The van der Waals surface area contributed by atoms with E-state index < -0.39 is 0 Å². The lowest BCUT2D eigenvalue weighted by Gasteiger charge is -2.15. The van der Waals surface area contributed by atoms with Crippen molar-refractivity contribution in [2.75, 3.05) is 0 Å². The fraction of sp³-hybridized carbons (Fsp3) is 0.300. The molecule has 0 fully saturated rings. The number of fused-ring (bicyclic) bond motifs is 1. The first-order valence-corrected chi connectivity index (χ1v) is 4.88. The Morgan fingerprint density at radius 2 is 2.17 bits per heavy atom. The highest BCUT2D eigenvalue weighted by molar-refractivity contribution is 8.13. The van der Waals surface area contributed by atoms with Crippen molar-refractivity contribution in [2.45, 2.75) is 24.7 Å². The standard InChI is InChI=1S/C10H10OS/c1-7-3-2-4-8-5-6-9(11)12-10(7)8/h2-4H,5-6H2,1H3. The predicted molar refractivity (Wildman–Crippen MR) is 50.4 cm³/mol. The Morgan fingerprint density at radius 1 is 1.33 bits per heavy atom. The average Bonchev–Trinajstić information content (AvgIpc) is 2.07. The molecule has 1 aliphatic heterocycles. The highest BCUT2D eigenvalue weighted by Crippen LogP contribution is 2.33. The van der Waals surface area contributed by atoms with E-state index in [2.05, 4.69) is 25.1 Å². The molecule has 0 radical (unpaired) electrons. The maximum Gasteiger partial charge on any atom is 0.194 e. The molecule has 1 aromatic rings. The topological polar surface area (TPSA) is 17.1 Å². The van der Waals surface area contributed by atoms with Crippen molar-refractivity contribution in [1.82, 2.24) is 0 Å². The second-order valence-electron chi connectivity index (χ2n) is 3.04. The Hall–Kier alpha value is -0.760. The zero-order valence-corrected chi connectivity index (χ0v) is 7.78. The van der Waals surface area contributed by atoms with E-state index >= 15 is 0 Å². The molecule has 0 atom stereocenters. The third kappa shape index (κ3) is 1.27. The molecular weight excluding hydrogens is 168 g/mol. The molecule has 1 aliphatic rings.